The second-order valence-corrected chi connectivity index (χ2v) is 6.50. The third-order valence-electron chi connectivity index (χ3n) is 4.73. The lowest BCUT2D eigenvalue weighted by Crippen LogP contribution is -2.20. The first kappa shape index (κ1) is 16.9. The van der Waals surface area contributed by atoms with Crippen LogP contribution in [0.3, 0.4) is 0 Å². The molecule has 2 aromatic heterocycles. The van der Waals surface area contributed by atoms with Crippen molar-refractivity contribution in [3.8, 4) is 0 Å². The van der Waals surface area contributed by atoms with E-state index in [2.05, 4.69) is 25.5 Å². The van der Waals surface area contributed by atoms with E-state index in [-0.39, 0.29) is 24.3 Å². The lowest BCUT2D eigenvalue weighted by Gasteiger charge is -2.17. The van der Waals surface area contributed by atoms with Gasteiger partial charge in [-0.1, -0.05) is 18.2 Å². The van der Waals surface area contributed by atoms with Gasteiger partial charge in [-0.25, -0.2) is 14.4 Å². The summed E-state index contributed by atoms with van der Waals surface area (Å²) in [7, 11) is 0. The molecule has 0 spiro atoms. The van der Waals surface area contributed by atoms with Gasteiger partial charge in [0.2, 0.25) is 0 Å². The van der Waals surface area contributed by atoms with E-state index in [9.17, 15) is 9.50 Å². The number of aromatic nitrogens is 4. The smallest absolute Gasteiger partial charge is 0.160 e. The van der Waals surface area contributed by atoms with Crippen molar-refractivity contribution in [3.63, 3.8) is 0 Å². The van der Waals surface area contributed by atoms with E-state index in [1.165, 1.54) is 12.4 Å². The molecule has 1 aromatic carbocycles. The highest BCUT2D eigenvalue weighted by Gasteiger charge is 2.27. The number of H-pyrrole nitrogens is 1. The Morgan fingerprint density at radius 1 is 1.31 bits per heavy atom. The number of aliphatic hydroxyl groups excluding tert-OH is 1. The fraction of sp³-hybridized carbons (Fsp3) is 0.389. The molecule has 2 heterocycles. The summed E-state index contributed by atoms with van der Waals surface area (Å²) in [6.07, 6.45) is 4.87. The van der Waals surface area contributed by atoms with E-state index >= 15 is 0 Å². The van der Waals surface area contributed by atoms with Crippen molar-refractivity contribution in [2.24, 2.45) is 0 Å². The number of hydrogen-bond donors (Lipinski definition) is 3. The van der Waals surface area contributed by atoms with Gasteiger partial charge >= 0.3 is 0 Å². The molecule has 8 heteroatoms. The van der Waals surface area contributed by atoms with Crippen LogP contribution in [0.1, 0.15) is 30.9 Å². The number of nitrogens with one attached hydrogen (secondary N) is 2. The van der Waals surface area contributed by atoms with E-state index in [4.69, 9.17) is 4.74 Å². The van der Waals surface area contributed by atoms with Crippen molar-refractivity contribution >= 4 is 16.9 Å². The Balaban J connectivity index is 1.31. The third kappa shape index (κ3) is 3.51. The van der Waals surface area contributed by atoms with Crippen LogP contribution >= 0.6 is 0 Å². The number of aromatic amines is 1. The summed E-state index contributed by atoms with van der Waals surface area (Å²) in [6, 6.07) is 6.44. The zero-order chi connectivity index (χ0) is 17.9. The number of anilines is 1. The van der Waals surface area contributed by atoms with Gasteiger partial charge in [0.15, 0.2) is 5.65 Å². The highest BCUT2D eigenvalue weighted by atomic mass is 19.1. The molecule has 3 aromatic rings. The molecule has 3 atom stereocenters. The number of halogens is 1. The second kappa shape index (κ2) is 7.35. The molecule has 26 heavy (non-hydrogen) atoms. The van der Waals surface area contributed by atoms with Crippen molar-refractivity contribution < 1.29 is 14.2 Å². The largest absolute Gasteiger partial charge is 0.386 e. The van der Waals surface area contributed by atoms with Crippen LogP contribution in [0.5, 0.6) is 0 Å². The summed E-state index contributed by atoms with van der Waals surface area (Å²) < 4.78 is 19.5. The van der Waals surface area contributed by atoms with E-state index in [0.29, 0.717) is 5.65 Å². The van der Waals surface area contributed by atoms with Gasteiger partial charge < -0.3 is 15.2 Å². The molecule has 1 fully saturated rings. The van der Waals surface area contributed by atoms with Crippen LogP contribution in [0.25, 0.3) is 11.0 Å². The molecule has 7 nitrogen and oxygen atoms in total. The number of rotatable bonds is 6. The highest BCUT2D eigenvalue weighted by Crippen LogP contribution is 2.28. The molecular formula is C18H20FN5O2. The Bertz CT molecular complexity index is 887. The Kier molecular flexibility index (Phi) is 4.77. The summed E-state index contributed by atoms with van der Waals surface area (Å²) in [5.41, 5.74) is 0.963. The minimum absolute atomic E-state index is 0.0237. The first-order valence-corrected chi connectivity index (χ1v) is 8.65. The molecule has 1 aliphatic rings. The van der Waals surface area contributed by atoms with Crippen LogP contribution in [-0.4, -0.2) is 44.0 Å². The number of fused-ring (bicyclic) bond motifs is 1. The van der Waals surface area contributed by atoms with Crippen molar-refractivity contribution in [1.82, 2.24) is 20.2 Å². The first-order valence-electron chi connectivity index (χ1n) is 8.65. The number of ether oxygens (including phenoxy) is 1. The molecule has 1 aliphatic carbocycles. The summed E-state index contributed by atoms with van der Waals surface area (Å²) in [6.45, 7) is 0.0812. The second-order valence-electron chi connectivity index (χ2n) is 6.50. The van der Waals surface area contributed by atoms with Crippen LogP contribution < -0.4 is 5.32 Å². The summed E-state index contributed by atoms with van der Waals surface area (Å²) in [4.78, 5) is 8.41. The monoisotopic (exact) mass is 357 g/mol. The number of nitrogens with zero attached hydrogens (tertiary/aromatic N) is 3. The SMILES string of the molecule is O[C@@H](CO[C@H]1CC[C@H](Nc2ncnc3[nH]ncc23)C1)c1ccccc1F. The molecule has 3 N–H and O–H groups in total. The predicted octanol–water partition coefficient (Wildman–Crippen LogP) is 2.58. The summed E-state index contributed by atoms with van der Waals surface area (Å²) >= 11 is 0. The van der Waals surface area contributed by atoms with Crippen molar-refractivity contribution in [2.75, 3.05) is 11.9 Å². The van der Waals surface area contributed by atoms with Crippen LogP contribution in [-0.2, 0) is 4.74 Å². The van der Waals surface area contributed by atoms with E-state index in [1.54, 1.807) is 24.4 Å². The van der Waals surface area contributed by atoms with Crippen LogP contribution in [0.15, 0.2) is 36.8 Å². The molecule has 0 amide bonds. The third-order valence-corrected chi connectivity index (χ3v) is 4.73. The van der Waals surface area contributed by atoms with Gasteiger partial charge in [-0.05, 0) is 25.3 Å². The predicted molar refractivity (Wildman–Crippen MR) is 94.0 cm³/mol. The van der Waals surface area contributed by atoms with Crippen LogP contribution in [0, 0.1) is 5.82 Å². The van der Waals surface area contributed by atoms with Gasteiger partial charge in [-0.15, -0.1) is 0 Å². The fourth-order valence-electron chi connectivity index (χ4n) is 3.36. The first-order chi connectivity index (χ1) is 12.7. The fourth-order valence-corrected chi connectivity index (χ4v) is 3.36. The standard InChI is InChI=1S/C18H20FN5O2/c19-15-4-2-1-3-13(15)16(25)9-26-12-6-5-11(7-12)23-17-14-8-22-24-18(14)21-10-20-17/h1-4,8,10-12,16,25H,5-7,9H2,(H2,20,21,22,23,24)/t11-,12-,16-/m0/s1. The molecule has 0 bridgehead atoms. The Hall–Kier alpha value is -2.58. The van der Waals surface area contributed by atoms with Gasteiger partial charge in [0.1, 0.15) is 24.1 Å². The quantitative estimate of drug-likeness (QED) is 0.627. The van der Waals surface area contributed by atoms with Gasteiger partial charge in [0, 0.05) is 11.6 Å². The lowest BCUT2D eigenvalue weighted by atomic mass is 10.1. The number of hydrogen-bond acceptors (Lipinski definition) is 6. The van der Waals surface area contributed by atoms with Crippen molar-refractivity contribution in [1.29, 1.82) is 0 Å². The maximum atomic E-state index is 13.7. The zero-order valence-corrected chi connectivity index (χ0v) is 14.1. The lowest BCUT2D eigenvalue weighted by molar-refractivity contribution is -0.00845. The van der Waals surface area contributed by atoms with Gasteiger partial charge in [0.25, 0.3) is 0 Å². The topological polar surface area (TPSA) is 96.0 Å². The van der Waals surface area contributed by atoms with E-state index in [0.717, 1.165) is 30.5 Å². The van der Waals surface area contributed by atoms with Crippen LogP contribution in [0.4, 0.5) is 10.2 Å². The summed E-state index contributed by atoms with van der Waals surface area (Å²) in [5.74, 6) is 0.336. The van der Waals surface area contributed by atoms with Gasteiger partial charge in [-0.2, -0.15) is 5.10 Å². The molecule has 1 saturated carbocycles. The summed E-state index contributed by atoms with van der Waals surface area (Å²) in [5, 5.41) is 21.2. The normalized spacial score (nSPS) is 21.2. The Labute approximate surface area is 149 Å². The molecular weight excluding hydrogens is 337 g/mol. The van der Waals surface area contributed by atoms with Crippen molar-refractivity contribution in [2.45, 2.75) is 37.5 Å². The van der Waals surface area contributed by atoms with E-state index in [1.807, 2.05) is 0 Å². The minimum Gasteiger partial charge on any atom is -0.386 e. The molecule has 0 aliphatic heterocycles. The molecule has 0 saturated heterocycles. The Morgan fingerprint density at radius 3 is 3.08 bits per heavy atom. The highest BCUT2D eigenvalue weighted by molar-refractivity contribution is 5.85. The number of benzene rings is 1. The van der Waals surface area contributed by atoms with Crippen molar-refractivity contribution in [3.05, 3.63) is 48.2 Å². The number of aliphatic hydroxyl groups is 1. The minimum atomic E-state index is -0.962. The van der Waals surface area contributed by atoms with Gasteiger partial charge in [-0.3, -0.25) is 5.10 Å². The molecule has 0 radical (unpaired) electrons. The molecule has 136 valence electrons. The molecule has 4 rings (SSSR count). The average molecular weight is 357 g/mol. The average Bonchev–Trinajstić information content (AvgIpc) is 3.30. The zero-order valence-electron chi connectivity index (χ0n) is 14.1. The van der Waals surface area contributed by atoms with E-state index < -0.39 is 11.9 Å². The maximum Gasteiger partial charge on any atom is 0.160 e. The maximum absolute atomic E-state index is 13.7. The molecule has 0 unspecified atom stereocenters. The Morgan fingerprint density at radius 2 is 2.19 bits per heavy atom. The van der Waals surface area contributed by atoms with Gasteiger partial charge in [0.05, 0.1) is 24.3 Å². The van der Waals surface area contributed by atoms with Crippen LogP contribution in [0.2, 0.25) is 0 Å².